The fraction of sp³-hybridized carbons (Fsp3) is 0.682. The van der Waals surface area contributed by atoms with Gasteiger partial charge in [0.1, 0.15) is 4.21 Å². The quantitative estimate of drug-likeness (QED) is 0.429. The smallest absolute Gasteiger partial charge is 0.340 e. The first-order valence-corrected chi connectivity index (χ1v) is 13.2. The van der Waals surface area contributed by atoms with Gasteiger partial charge in [0.25, 0.3) is 10.0 Å². The molecule has 2 aliphatic rings. The number of morpholine rings is 1. The number of fused-ring (bicyclic) bond motifs is 1. The van der Waals surface area contributed by atoms with E-state index in [1.165, 1.54) is 28.3 Å². The van der Waals surface area contributed by atoms with Gasteiger partial charge in [0.05, 0.1) is 25.9 Å². The Morgan fingerprint density at radius 3 is 2.61 bits per heavy atom. The van der Waals surface area contributed by atoms with Crippen LogP contribution in [0.1, 0.15) is 54.4 Å². The van der Waals surface area contributed by atoms with E-state index in [0.717, 1.165) is 36.4 Å². The molecule has 0 saturated carbocycles. The summed E-state index contributed by atoms with van der Waals surface area (Å²) in [6.45, 7) is 10.3. The molecule has 1 atom stereocenters. The van der Waals surface area contributed by atoms with E-state index in [1.54, 1.807) is 0 Å². The van der Waals surface area contributed by atoms with Crippen LogP contribution in [-0.2, 0) is 32.5 Å². The van der Waals surface area contributed by atoms with Gasteiger partial charge >= 0.3 is 5.97 Å². The molecule has 0 radical (unpaired) electrons. The number of carbonyl (C=O) groups is 1. The molecule has 174 valence electrons. The Hall–Kier alpha value is -1.26. The second-order valence-corrected chi connectivity index (χ2v) is 11.9. The second kappa shape index (κ2) is 10.6. The molecule has 0 spiro atoms. The molecule has 1 fully saturated rings. The van der Waals surface area contributed by atoms with E-state index in [0.29, 0.717) is 45.2 Å². The van der Waals surface area contributed by atoms with E-state index in [9.17, 15) is 13.2 Å². The SMILES string of the molecule is COC(=O)c1c(S(=O)(=O)N2CCOCC2)sc2c1CCN(CC(C)CCC=C(C)C)C2. The van der Waals surface area contributed by atoms with Crippen LogP contribution >= 0.6 is 11.3 Å². The van der Waals surface area contributed by atoms with Crippen molar-refractivity contribution in [3.8, 4) is 0 Å². The Kier molecular flexibility index (Phi) is 8.31. The highest BCUT2D eigenvalue weighted by Crippen LogP contribution is 2.38. The molecule has 7 nitrogen and oxygen atoms in total. The van der Waals surface area contributed by atoms with Crippen LogP contribution in [0, 0.1) is 5.92 Å². The Labute approximate surface area is 190 Å². The minimum absolute atomic E-state index is 0.129. The van der Waals surface area contributed by atoms with E-state index in [4.69, 9.17) is 9.47 Å². The largest absolute Gasteiger partial charge is 0.465 e. The molecule has 1 aromatic rings. The lowest BCUT2D eigenvalue weighted by molar-refractivity contribution is 0.0594. The summed E-state index contributed by atoms with van der Waals surface area (Å²) in [5, 5.41) is 0. The zero-order valence-electron chi connectivity index (χ0n) is 19.0. The Morgan fingerprint density at radius 1 is 1.26 bits per heavy atom. The lowest BCUT2D eigenvalue weighted by Gasteiger charge is -2.29. The molecule has 2 aliphatic heterocycles. The third kappa shape index (κ3) is 5.76. The first kappa shape index (κ1) is 24.4. The molecule has 3 heterocycles. The number of esters is 1. The first-order chi connectivity index (χ1) is 14.7. The number of nitrogens with zero attached hydrogens (tertiary/aromatic N) is 2. The van der Waals surface area contributed by atoms with Crippen molar-refractivity contribution >= 4 is 27.3 Å². The van der Waals surface area contributed by atoms with Gasteiger partial charge in [-0.15, -0.1) is 11.3 Å². The van der Waals surface area contributed by atoms with Gasteiger partial charge in [-0.3, -0.25) is 4.90 Å². The minimum Gasteiger partial charge on any atom is -0.465 e. The van der Waals surface area contributed by atoms with Crippen molar-refractivity contribution in [3.63, 3.8) is 0 Å². The number of hydrogen-bond donors (Lipinski definition) is 0. The highest BCUT2D eigenvalue weighted by atomic mass is 32.2. The molecule has 9 heteroatoms. The fourth-order valence-electron chi connectivity index (χ4n) is 4.17. The Bertz CT molecular complexity index is 913. The number of ether oxygens (including phenoxy) is 2. The van der Waals surface area contributed by atoms with Crippen LogP contribution in [0.2, 0.25) is 0 Å². The monoisotopic (exact) mass is 470 g/mol. The van der Waals surface area contributed by atoms with Gasteiger partial charge in [0.2, 0.25) is 0 Å². The van der Waals surface area contributed by atoms with Crippen LogP contribution in [0.3, 0.4) is 0 Å². The molecule has 0 bridgehead atoms. The number of hydrogen-bond acceptors (Lipinski definition) is 7. The average Bonchev–Trinajstić information content (AvgIpc) is 3.13. The number of sulfonamides is 1. The second-order valence-electron chi connectivity index (χ2n) is 8.62. The van der Waals surface area contributed by atoms with Crippen LogP contribution in [0.5, 0.6) is 0 Å². The van der Waals surface area contributed by atoms with E-state index in [-0.39, 0.29) is 9.77 Å². The maximum Gasteiger partial charge on any atom is 0.340 e. The summed E-state index contributed by atoms with van der Waals surface area (Å²) in [6, 6.07) is 0. The summed E-state index contributed by atoms with van der Waals surface area (Å²) in [6.07, 6.45) is 5.14. The molecular weight excluding hydrogens is 436 g/mol. The van der Waals surface area contributed by atoms with Crippen molar-refractivity contribution in [1.29, 1.82) is 0 Å². The molecule has 1 unspecified atom stereocenters. The number of thiophene rings is 1. The average molecular weight is 471 g/mol. The summed E-state index contributed by atoms with van der Waals surface area (Å²) >= 11 is 1.24. The van der Waals surface area contributed by atoms with Crippen molar-refractivity contribution < 1.29 is 22.7 Å². The fourth-order valence-corrected chi connectivity index (χ4v) is 7.65. The molecule has 3 rings (SSSR count). The van der Waals surface area contributed by atoms with Gasteiger partial charge in [-0.05, 0) is 44.6 Å². The van der Waals surface area contributed by atoms with E-state index < -0.39 is 16.0 Å². The van der Waals surface area contributed by atoms with Gasteiger partial charge in [-0.2, -0.15) is 4.31 Å². The standard InChI is InChI=1S/C22H34N2O5S2/c1-16(2)6-5-7-17(3)14-23-9-8-18-19(15-23)30-22(20(18)21(25)28-4)31(26,27)24-10-12-29-13-11-24/h6,17H,5,7-15H2,1-4H3. The molecule has 0 aromatic carbocycles. The summed E-state index contributed by atoms with van der Waals surface area (Å²) in [5.41, 5.74) is 2.43. The molecule has 0 aliphatic carbocycles. The van der Waals surface area contributed by atoms with Crippen molar-refractivity contribution in [2.24, 2.45) is 5.92 Å². The van der Waals surface area contributed by atoms with Crippen LogP contribution in [0.15, 0.2) is 15.9 Å². The maximum atomic E-state index is 13.3. The Balaban J connectivity index is 1.81. The number of allylic oxidation sites excluding steroid dienone is 2. The van der Waals surface area contributed by atoms with Crippen LogP contribution < -0.4 is 0 Å². The number of carbonyl (C=O) groups excluding carboxylic acids is 1. The molecule has 0 amide bonds. The van der Waals surface area contributed by atoms with Crippen molar-refractivity contribution in [3.05, 3.63) is 27.7 Å². The lowest BCUT2D eigenvalue weighted by atomic mass is 10.00. The maximum absolute atomic E-state index is 13.3. The van der Waals surface area contributed by atoms with Gasteiger partial charge in [-0.1, -0.05) is 18.6 Å². The number of methoxy groups -OCH3 is 1. The summed E-state index contributed by atoms with van der Waals surface area (Å²) in [5.74, 6) is -0.0124. The van der Waals surface area contributed by atoms with E-state index in [2.05, 4.69) is 31.7 Å². The minimum atomic E-state index is -3.76. The zero-order chi connectivity index (χ0) is 22.6. The predicted molar refractivity (Wildman–Crippen MR) is 122 cm³/mol. The van der Waals surface area contributed by atoms with Crippen LogP contribution in [-0.4, -0.2) is 70.1 Å². The summed E-state index contributed by atoms with van der Waals surface area (Å²) in [7, 11) is -2.45. The molecule has 0 N–H and O–H groups in total. The van der Waals surface area contributed by atoms with E-state index in [1.807, 2.05) is 0 Å². The molecule has 1 aromatic heterocycles. The molecular formula is C22H34N2O5S2. The lowest BCUT2D eigenvalue weighted by Crippen LogP contribution is -2.40. The highest BCUT2D eigenvalue weighted by molar-refractivity contribution is 7.91. The van der Waals surface area contributed by atoms with E-state index >= 15 is 0 Å². The van der Waals surface area contributed by atoms with Gasteiger partial charge in [0, 0.05) is 37.6 Å². The third-order valence-corrected chi connectivity index (χ3v) is 9.43. The van der Waals surface area contributed by atoms with Gasteiger partial charge in [-0.25, -0.2) is 13.2 Å². The summed E-state index contributed by atoms with van der Waals surface area (Å²) < 4.78 is 38.5. The third-order valence-electron chi connectivity index (χ3n) is 5.82. The molecule has 31 heavy (non-hydrogen) atoms. The first-order valence-electron chi connectivity index (χ1n) is 10.9. The molecule has 1 saturated heterocycles. The van der Waals surface area contributed by atoms with Crippen molar-refractivity contribution in [2.75, 3.05) is 46.5 Å². The predicted octanol–water partition coefficient (Wildman–Crippen LogP) is 3.30. The Morgan fingerprint density at radius 2 is 1.97 bits per heavy atom. The van der Waals surface area contributed by atoms with Gasteiger partial charge in [0.15, 0.2) is 0 Å². The number of rotatable bonds is 8. The zero-order valence-corrected chi connectivity index (χ0v) is 20.6. The van der Waals surface area contributed by atoms with Gasteiger partial charge < -0.3 is 9.47 Å². The van der Waals surface area contributed by atoms with Crippen molar-refractivity contribution in [2.45, 2.75) is 50.8 Å². The highest BCUT2D eigenvalue weighted by Gasteiger charge is 2.37. The van der Waals surface area contributed by atoms with Crippen LogP contribution in [0.25, 0.3) is 0 Å². The normalized spacial score (nSPS) is 19.0. The van der Waals surface area contributed by atoms with Crippen molar-refractivity contribution in [1.82, 2.24) is 9.21 Å². The van der Waals surface area contributed by atoms with Crippen LogP contribution in [0.4, 0.5) is 0 Å². The topological polar surface area (TPSA) is 76.2 Å². The summed E-state index contributed by atoms with van der Waals surface area (Å²) in [4.78, 5) is 15.9.